The van der Waals surface area contributed by atoms with Crippen molar-refractivity contribution in [2.24, 2.45) is 0 Å². The summed E-state index contributed by atoms with van der Waals surface area (Å²) in [4.78, 5) is 24.8. The van der Waals surface area contributed by atoms with Gasteiger partial charge in [-0.1, -0.05) is 23.8 Å². The van der Waals surface area contributed by atoms with Crippen LogP contribution in [0, 0.1) is 0 Å². The number of rotatable bonds is 4. The van der Waals surface area contributed by atoms with Crippen molar-refractivity contribution in [3.63, 3.8) is 0 Å². The Morgan fingerprint density at radius 3 is 2.58 bits per heavy atom. The molecule has 24 heavy (non-hydrogen) atoms. The van der Waals surface area contributed by atoms with Gasteiger partial charge >= 0.3 is 5.97 Å². The van der Waals surface area contributed by atoms with E-state index >= 15 is 0 Å². The zero-order valence-electron chi connectivity index (χ0n) is 13.0. The summed E-state index contributed by atoms with van der Waals surface area (Å²) in [6, 6.07) is 5.86. The highest BCUT2D eigenvalue weighted by atomic mass is 16.5. The van der Waals surface area contributed by atoms with Crippen molar-refractivity contribution in [3.8, 4) is 0 Å². The second-order valence-corrected chi connectivity index (χ2v) is 5.56. The van der Waals surface area contributed by atoms with Gasteiger partial charge in [0, 0.05) is 18.2 Å². The van der Waals surface area contributed by atoms with E-state index in [9.17, 15) is 9.59 Å². The summed E-state index contributed by atoms with van der Waals surface area (Å²) in [6.07, 6.45) is 13.6. The first-order valence-corrected chi connectivity index (χ1v) is 7.68. The van der Waals surface area contributed by atoms with Crippen LogP contribution < -0.4 is 0 Å². The van der Waals surface area contributed by atoms with Gasteiger partial charge in [0.1, 0.15) is 12.0 Å². The Kier molecular flexibility index (Phi) is 4.61. The Morgan fingerprint density at radius 1 is 1.17 bits per heavy atom. The Hall–Kier alpha value is -3.08. The number of carbonyl (C=O) groups excluding carboxylic acids is 1. The molecule has 0 radical (unpaired) electrons. The summed E-state index contributed by atoms with van der Waals surface area (Å²) in [7, 11) is 0. The highest BCUT2D eigenvalue weighted by molar-refractivity contribution is 5.97. The lowest BCUT2D eigenvalue weighted by Crippen LogP contribution is -2.23. The van der Waals surface area contributed by atoms with E-state index in [4.69, 9.17) is 9.84 Å². The van der Waals surface area contributed by atoms with Crippen LogP contribution in [0.5, 0.6) is 0 Å². The van der Waals surface area contributed by atoms with Gasteiger partial charge in [0.15, 0.2) is 0 Å². The highest BCUT2D eigenvalue weighted by Gasteiger charge is 2.17. The molecule has 5 heteroatoms. The maximum absolute atomic E-state index is 12.5. The predicted molar refractivity (Wildman–Crippen MR) is 89.0 cm³/mol. The molecule has 3 rings (SSSR count). The second kappa shape index (κ2) is 7.00. The van der Waals surface area contributed by atoms with Crippen molar-refractivity contribution in [1.82, 2.24) is 4.90 Å². The molecular formula is C19H17NO4. The van der Waals surface area contributed by atoms with E-state index in [1.54, 1.807) is 12.4 Å². The number of hydrogen-bond donors (Lipinski definition) is 1. The first-order chi connectivity index (χ1) is 11.6. The fourth-order valence-electron chi connectivity index (χ4n) is 2.55. The van der Waals surface area contributed by atoms with E-state index < -0.39 is 5.97 Å². The average Bonchev–Trinajstić information content (AvgIpc) is 2.62. The zero-order chi connectivity index (χ0) is 16.9. The molecule has 5 nitrogen and oxygen atoms in total. The van der Waals surface area contributed by atoms with Gasteiger partial charge in [-0.05, 0) is 37.1 Å². The summed E-state index contributed by atoms with van der Waals surface area (Å²) < 4.78 is 5.49. The molecule has 122 valence electrons. The lowest BCUT2D eigenvalue weighted by Gasteiger charge is -2.21. The summed E-state index contributed by atoms with van der Waals surface area (Å²) in [5.74, 6) is -0.548. The fraction of sp³-hybridized carbons (Fsp3) is 0.158. The smallest absolute Gasteiger partial charge is 0.335 e. The Bertz CT molecular complexity index is 769. The summed E-state index contributed by atoms with van der Waals surface area (Å²) in [5, 5.41) is 8.91. The Balaban J connectivity index is 1.72. The van der Waals surface area contributed by atoms with Crippen molar-refractivity contribution in [2.75, 3.05) is 0 Å². The van der Waals surface area contributed by atoms with Gasteiger partial charge in [0.2, 0.25) is 0 Å². The average molecular weight is 323 g/mol. The maximum atomic E-state index is 12.5. The fourth-order valence-corrected chi connectivity index (χ4v) is 2.55. The van der Waals surface area contributed by atoms with Crippen LogP contribution >= 0.6 is 0 Å². The standard InChI is InChI=1S/C19H17NO4/c21-18(15-6-8-16(9-7-15)19(22)23)20-10-11-24-17(13-20)12-14-4-2-1-3-5-14/h1-2,4,6-11,13H,3,5,12H2,(H,22,23). The molecule has 0 unspecified atom stereocenters. The molecule has 1 aliphatic heterocycles. The molecule has 2 aliphatic rings. The van der Waals surface area contributed by atoms with E-state index in [-0.39, 0.29) is 11.5 Å². The minimum atomic E-state index is -1.02. The Morgan fingerprint density at radius 2 is 1.92 bits per heavy atom. The van der Waals surface area contributed by atoms with Gasteiger partial charge in [-0.2, -0.15) is 0 Å². The first kappa shape index (κ1) is 15.8. The minimum absolute atomic E-state index is 0.151. The number of nitrogens with zero attached hydrogens (tertiary/aromatic N) is 1. The zero-order valence-corrected chi connectivity index (χ0v) is 13.0. The molecule has 0 fully saturated rings. The van der Waals surface area contributed by atoms with Crippen LogP contribution in [0.3, 0.4) is 0 Å². The van der Waals surface area contributed by atoms with Crippen LogP contribution in [0.2, 0.25) is 0 Å². The third kappa shape index (κ3) is 3.63. The molecule has 1 aliphatic carbocycles. The minimum Gasteiger partial charge on any atom is -0.478 e. The van der Waals surface area contributed by atoms with Crippen molar-refractivity contribution in [1.29, 1.82) is 0 Å². The lowest BCUT2D eigenvalue weighted by molar-refractivity contribution is 0.0696. The van der Waals surface area contributed by atoms with Gasteiger partial charge in [0.05, 0.1) is 11.8 Å². The molecule has 0 spiro atoms. The molecule has 1 heterocycles. The van der Waals surface area contributed by atoms with Crippen molar-refractivity contribution in [2.45, 2.75) is 19.3 Å². The largest absolute Gasteiger partial charge is 0.478 e. The normalized spacial score (nSPS) is 16.2. The maximum Gasteiger partial charge on any atom is 0.335 e. The van der Waals surface area contributed by atoms with Crippen LogP contribution in [-0.4, -0.2) is 21.9 Å². The van der Waals surface area contributed by atoms with Crippen LogP contribution in [0.1, 0.15) is 40.0 Å². The predicted octanol–water partition coefficient (Wildman–Crippen LogP) is 3.84. The molecule has 1 amide bonds. The van der Waals surface area contributed by atoms with E-state index in [0.717, 1.165) is 12.8 Å². The van der Waals surface area contributed by atoms with E-state index in [1.807, 2.05) is 6.08 Å². The van der Waals surface area contributed by atoms with E-state index in [1.165, 1.54) is 41.0 Å². The molecule has 1 aromatic carbocycles. The molecule has 0 atom stereocenters. The molecule has 1 aromatic rings. The second-order valence-electron chi connectivity index (χ2n) is 5.56. The number of amides is 1. The number of benzene rings is 1. The van der Waals surface area contributed by atoms with E-state index in [2.05, 4.69) is 12.2 Å². The first-order valence-electron chi connectivity index (χ1n) is 7.68. The van der Waals surface area contributed by atoms with Gasteiger partial charge in [0.25, 0.3) is 5.91 Å². The van der Waals surface area contributed by atoms with Gasteiger partial charge in [-0.3, -0.25) is 9.69 Å². The summed E-state index contributed by atoms with van der Waals surface area (Å²) in [6.45, 7) is 0. The molecule has 0 saturated heterocycles. The number of carboxylic acid groups (broad SMARTS) is 1. The van der Waals surface area contributed by atoms with Crippen molar-refractivity contribution in [3.05, 3.63) is 83.6 Å². The number of carboxylic acids is 1. The van der Waals surface area contributed by atoms with Crippen LogP contribution in [0.4, 0.5) is 0 Å². The lowest BCUT2D eigenvalue weighted by atomic mass is 10.0. The number of hydrogen-bond acceptors (Lipinski definition) is 3. The molecule has 1 N–H and O–H groups in total. The number of aromatic carboxylic acids is 1. The molecular weight excluding hydrogens is 306 g/mol. The highest BCUT2D eigenvalue weighted by Crippen LogP contribution is 2.23. The third-order valence-electron chi connectivity index (χ3n) is 3.84. The van der Waals surface area contributed by atoms with E-state index in [0.29, 0.717) is 17.7 Å². The van der Waals surface area contributed by atoms with Crippen molar-refractivity contribution >= 4 is 11.9 Å². The number of allylic oxidation sites excluding steroid dienone is 4. The quantitative estimate of drug-likeness (QED) is 0.914. The monoisotopic (exact) mass is 323 g/mol. The van der Waals surface area contributed by atoms with Gasteiger partial charge < -0.3 is 9.84 Å². The SMILES string of the molecule is O=C(O)c1ccc(C(=O)N2C=COC(CC3=CC=CCC3)=C2)cc1. The van der Waals surface area contributed by atoms with Gasteiger partial charge in [-0.25, -0.2) is 4.79 Å². The topological polar surface area (TPSA) is 66.8 Å². The van der Waals surface area contributed by atoms with Crippen LogP contribution in [-0.2, 0) is 4.74 Å². The molecule has 0 saturated carbocycles. The molecule has 0 aromatic heterocycles. The Labute approximate surface area is 139 Å². The summed E-state index contributed by atoms with van der Waals surface area (Å²) in [5.41, 5.74) is 1.83. The molecule has 0 bridgehead atoms. The number of ether oxygens (including phenoxy) is 1. The van der Waals surface area contributed by atoms with Gasteiger partial charge in [-0.15, -0.1) is 0 Å². The third-order valence-corrected chi connectivity index (χ3v) is 3.84. The van der Waals surface area contributed by atoms with Crippen molar-refractivity contribution < 1.29 is 19.4 Å². The summed E-state index contributed by atoms with van der Waals surface area (Å²) >= 11 is 0. The van der Waals surface area contributed by atoms with Crippen LogP contribution in [0.15, 0.2) is 72.5 Å². The van der Waals surface area contributed by atoms with Crippen LogP contribution in [0.25, 0.3) is 0 Å². The number of carbonyl (C=O) groups is 2.